The third-order valence-corrected chi connectivity index (χ3v) is 5.30. The van der Waals surface area contributed by atoms with E-state index in [0.29, 0.717) is 6.04 Å². The summed E-state index contributed by atoms with van der Waals surface area (Å²) in [6.45, 7) is 3.14. The van der Waals surface area contributed by atoms with E-state index in [1.807, 2.05) is 0 Å². The van der Waals surface area contributed by atoms with Crippen molar-refractivity contribution in [2.75, 3.05) is 6.54 Å². The standard InChI is InChI=1S/C22H24N2O/c1-15-18(20-4-2-3-5-22(20)24-15)10-12-23-21-9-7-17-14-16(11-13-25)6-8-19(17)21/h2-6,8,11,13-14,21,23-25H,7,9-10,12H2,1H3/b13-11+. The first kappa shape index (κ1) is 16.0. The fraction of sp³-hybridized carbons (Fsp3) is 0.273. The van der Waals surface area contributed by atoms with E-state index in [2.05, 4.69) is 59.7 Å². The zero-order valence-electron chi connectivity index (χ0n) is 14.5. The second-order valence-corrected chi connectivity index (χ2v) is 6.84. The molecule has 0 saturated carbocycles. The summed E-state index contributed by atoms with van der Waals surface area (Å²) < 4.78 is 0. The molecule has 0 fully saturated rings. The lowest BCUT2D eigenvalue weighted by atomic mass is 10.0. The first-order chi connectivity index (χ1) is 12.3. The van der Waals surface area contributed by atoms with Crippen LogP contribution in [0, 0.1) is 6.92 Å². The van der Waals surface area contributed by atoms with Gasteiger partial charge >= 0.3 is 0 Å². The number of hydrogen-bond acceptors (Lipinski definition) is 2. The molecule has 3 aromatic rings. The SMILES string of the molecule is Cc1[nH]c2ccccc2c1CCNC1CCc2cc(/C=C/O)ccc21. The van der Waals surface area contributed by atoms with Gasteiger partial charge in [-0.05, 0) is 67.1 Å². The number of hydrogen-bond donors (Lipinski definition) is 3. The molecule has 1 heterocycles. The smallest absolute Gasteiger partial charge is 0.0797 e. The predicted octanol–water partition coefficient (Wildman–Crippen LogP) is 4.82. The fourth-order valence-electron chi connectivity index (χ4n) is 4.07. The molecule has 1 unspecified atom stereocenters. The zero-order valence-corrected chi connectivity index (χ0v) is 14.5. The number of aliphatic hydroxyl groups excluding tert-OH is 1. The van der Waals surface area contributed by atoms with Crippen molar-refractivity contribution in [2.45, 2.75) is 32.2 Å². The van der Waals surface area contributed by atoms with E-state index >= 15 is 0 Å². The number of aromatic nitrogens is 1. The lowest BCUT2D eigenvalue weighted by Crippen LogP contribution is -2.22. The molecule has 1 atom stereocenters. The van der Waals surface area contributed by atoms with Crippen molar-refractivity contribution in [1.29, 1.82) is 0 Å². The Morgan fingerprint density at radius 3 is 3.00 bits per heavy atom. The molecule has 25 heavy (non-hydrogen) atoms. The average molecular weight is 332 g/mol. The van der Waals surface area contributed by atoms with E-state index in [9.17, 15) is 0 Å². The number of nitrogens with one attached hydrogen (secondary N) is 2. The number of para-hydroxylation sites is 1. The number of aromatic amines is 1. The lowest BCUT2D eigenvalue weighted by molar-refractivity contribution is 0.478. The van der Waals surface area contributed by atoms with E-state index in [1.54, 1.807) is 6.08 Å². The molecule has 3 heteroatoms. The largest absolute Gasteiger partial charge is 0.516 e. The summed E-state index contributed by atoms with van der Waals surface area (Å²) in [6.07, 6.45) is 6.13. The molecular weight excluding hydrogens is 308 g/mol. The first-order valence-electron chi connectivity index (χ1n) is 8.99. The van der Waals surface area contributed by atoms with Crippen LogP contribution in [0.2, 0.25) is 0 Å². The van der Waals surface area contributed by atoms with Gasteiger partial charge in [0.15, 0.2) is 0 Å². The van der Waals surface area contributed by atoms with Crippen LogP contribution in [0.4, 0.5) is 0 Å². The molecule has 1 aliphatic carbocycles. The summed E-state index contributed by atoms with van der Waals surface area (Å²) in [5, 5.41) is 14.0. The van der Waals surface area contributed by atoms with Crippen molar-refractivity contribution in [2.24, 2.45) is 0 Å². The van der Waals surface area contributed by atoms with Gasteiger partial charge in [0, 0.05) is 22.6 Å². The normalized spacial score (nSPS) is 16.8. The molecule has 0 amide bonds. The van der Waals surface area contributed by atoms with Gasteiger partial charge < -0.3 is 15.4 Å². The van der Waals surface area contributed by atoms with Crippen LogP contribution in [0.15, 0.2) is 48.7 Å². The van der Waals surface area contributed by atoms with Crippen LogP contribution in [0.1, 0.15) is 40.4 Å². The zero-order chi connectivity index (χ0) is 17.2. The number of benzene rings is 2. The Labute approximate surface area is 148 Å². The second kappa shape index (κ2) is 6.77. The van der Waals surface area contributed by atoms with Crippen molar-refractivity contribution < 1.29 is 5.11 Å². The third-order valence-electron chi connectivity index (χ3n) is 5.30. The Balaban J connectivity index is 1.44. The molecule has 0 aliphatic heterocycles. The molecule has 0 radical (unpaired) electrons. The Kier molecular flexibility index (Phi) is 4.33. The summed E-state index contributed by atoms with van der Waals surface area (Å²) in [5.74, 6) is 0. The van der Waals surface area contributed by atoms with E-state index < -0.39 is 0 Å². The van der Waals surface area contributed by atoms with Crippen molar-refractivity contribution in [1.82, 2.24) is 10.3 Å². The summed E-state index contributed by atoms with van der Waals surface area (Å²) >= 11 is 0. The molecule has 3 nitrogen and oxygen atoms in total. The molecule has 1 aliphatic rings. The van der Waals surface area contributed by atoms with Crippen LogP contribution in [0.25, 0.3) is 17.0 Å². The molecule has 1 aromatic heterocycles. The summed E-state index contributed by atoms with van der Waals surface area (Å²) in [5.41, 5.74) is 7.80. The highest BCUT2D eigenvalue weighted by Crippen LogP contribution is 2.32. The molecular formula is C22H24N2O. The Morgan fingerprint density at radius 2 is 2.12 bits per heavy atom. The van der Waals surface area contributed by atoms with Gasteiger partial charge in [-0.1, -0.05) is 36.4 Å². The van der Waals surface area contributed by atoms with Gasteiger partial charge in [0.05, 0.1) is 6.26 Å². The van der Waals surface area contributed by atoms with Crippen molar-refractivity contribution in [3.8, 4) is 0 Å². The topological polar surface area (TPSA) is 48.0 Å². The van der Waals surface area contributed by atoms with Gasteiger partial charge in [-0.25, -0.2) is 0 Å². The van der Waals surface area contributed by atoms with Gasteiger partial charge in [-0.2, -0.15) is 0 Å². The van der Waals surface area contributed by atoms with Crippen molar-refractivity contribution in [3.63, 3.8) is 0 Å². The number of H-pyrrole nitrogens is 1. The summed E-state index contributed by atoms with van der Waals surface area (Å²) in [6, 6.07) is 15.4. The third kappa shape index (κ3) is 3.08. The number of rotatable bonds is 5. The molecule has 2 aromatic carbocycles. The van der Waals surface area contributed by atoms with Crippen LogP contribution in [-0.4, -0.2) is 16.6 Å². The highest BCUT2D eigenvalue weighted by Gasteiger charge is 2.22. The first-order valence-corrected chi connectivity index (χ1v) is 8.99. The maximum absolute atomic E-state index is 8.93. The highest BCUT2D eigenvalue weighted by atomic mass is 16.2. The Morgan fingerprint density at radius 1 is 1.24 bits per heavy atom. The number of fused-ring (bicyclic) bond motifs is 2. The lowest BCUT2D eigenvalue weighted by Gasteiger charge is -2.14. The van der Waals surface area contributed by atoms with Gasteiger partial charge in [0.1, 0.15) is 0 Å². The van der Waals surface area contributed by atoms with Crippen LogP contribution in [-0.2, 0) is 12.8 Å². The van der Waals surface area contributed by atoms with Crippen LogP contribution < -0.4 is 5.32 Å². The molecule has 0 bridgehead atoms. The maximum atomic E-state index is 8.93. The van der Waals surface area contributed by atoms with Crippen LogP contribution in [0.3, 0.4) is 0 Å². The van der Waals surface area contributed by atoms with Crippen molar-refractivity contribution >= 4 is 17.0 Å². The van der Waals surface area contributed by atoms with Gasteiger partial charge in [-0.15, -0.1) is 0 Å². The van der Waals surface area contributed by atoms with E-state index in [1.165, 1.54) is 33.3 Å². The number of aryl methyl sites for hydroxylation is 2. The Hall–Kier alpha value is -2.52. The van der Waals surface area contributed by atoms with E-state index in [-0.39, 0.29) is 0 Å². The summed E-state index contributed by atoms with van der Waals surface area (Å²) in [7, 11) is 0. The molecule has 4 rings (SSSR count). The number of aliphatic hydroxyl groups is 1. The monoisotopic (exact) mass is 332 g/mol. The maximum Gasteiger partial charge on any atom is 0.0797 e. The Bertz CT molecular complexity index is 923. The molecule has 0 spiro atoms. The molecule has 0 saturated heterocycles. The molecule has 128 valence electrons. The van der Waals surface area contributed by atoms with E-state index in [4.69, 9.17) is 5.11 Å². The summed E-state index contributed by atoms with van der Waals surface area (Å²) in [4.78, 5) is 3.48. The minimum atomic E-state index is 0.438. The van der Waals surface area contributed by atoms with Crippen LogP contribution in [0.5, 0.6) is 0 Å². The molecule has 3 N–H and O–H groups in total. The predicted molar refractivity (Wildman–Crippen MR) is 104 cm³/mol. The van der Waals surface area contributed by atoms with Gasteiger partial charge in [0.25, 0.3) is 0 Å². The quantitative estimate of drug-likeness (QED) is 0.586. The minimum absolute atomic E-state index is 0.438. The minimum Gasteiger partial charge on any atom is -0.516 e. The fourth-order valence-corrected chi connectivity index (χ4v) is 4.07. The van der Waals surface area contributed by atoms with E-state index in [0.717, 1.165) is 37.6 Å². The van der Waals surface area contributed by atoms with Gasteiger partial charge in [0.2, 0.25) is 0 Å². The van der Waals surface area contributed by atoms with Gasteiger partial charge in [-0.3, -0.25) is 0 Å². The average Bonchev–Trinajstić information content (AvgIpc) is 3.16. The highest BCUT2D eigenvalue weighted by molar-refractivity contribution is 5.84. The van der Waals surface area contributed by atoms with Crippen LogP contribution >= 0.6 is 0 Å². The van der Waals surface area contributed by atoms with Crippen molar-refractivity contribution in [3.05, 3.63) is 76.7 Å². The second-order valence-electron chi connectivity index (χ2n) is 6.84.